The third kappa shape index (κ3) is 5.08. The Morgan fingerprint density at radius 2 is 0.635 bits per heavy atom. The second kappa shape index (κ2) is 12.5. The Morgan fingerprint density at radius 3 is 1.33 bits per heavy atom. The molecule has 0 atom stereocenters. The first-order valence-electron chi connectivity index (χ1n) is 18.0. The van der Waals surface area contributed by atoms with Gasteiger partial charge in [0, 0.05) is 0 Å². The van der Waals surface area contributed by atoms with Crippen LogP contribution in [0.2, 0.25) is 0 Å². The molecule has 0 aliphatic rings. The predicted octanol–water partition coefficient (Wildman–Crippen LogP) is 14.6. The van der Waals surface area contributed by atoms with Crippen LogP contribution in [0.15, 0.2) is 206 Å². The van der Waals surface area contributed by atoms with E-state index < -0.39 is 0 Å². The lowest BCUT2D eigenvalue weighted by atomic mass is 9.83. The summed E-state index contributed by atoms with van der Waals surface area (Å²) in [4.78, 5) is 0. The molecule has 0 radical (unpaired) electrons. The molecular formula is C52H34. The van der Waals surface area contributed by atoms with E-state index in [1.165, 1.54) is 98.7 Å². The van der Waals surface area contributed by atoms with E-state index >= 15 is 0 Å². The number of hydrogen-bond donors (Lipinski definition) is 0. The number of rotatable bonds is 5. The second-order valence-electron chi connectivity index (χ2n) is 13.6. The molecule has 0 aromatic heterocycles. The Kier molecular flexibility index (Phi) is 7.25. The standard InChI is InChI=1S/C52H34/c1-2-13-35(14-3-1)40-19-10-20-41(33-40)36-27-29-39(30-28-36)51-47-23-8-9-24-48(47)52(46-26-12-18-38-16-5-7-22-44(38)46)50-34-42(31-32-49(50)51)45-25-11-17-37-15-4-6-21-43(37)45/h1-34H. The molecule has 10 rings (SSSR count). The van der Waals surface area contributed by atoms with Crippen molar-refractivity contribution in [2.75, 3.05) is 0 Å². The SMILES string of the molecule is c1ccc(-c2cccc(-c3ccc(-c4c5ccccc5c(-c5cccc6ccccc56)c5cc(-c6cccc7ccccc67)ccc45)cc3)c2)cc1. The molecule has 0 saturated carbocycles. The Morgan fingerprint density at radius 1 is 0.192 bits per heavy atom. The number of hydrogen-bond acceptors (Lipinski definition) is 0. The summed E-state index contributed by atoms with van der Waals surface area (Å²) in [6.45, 7) is 0. The van der Waals surface area contributed by atoms with E-state index in [9.17, 15) is 0 Å². The summed E-state index contributed by atoms with van der Waals surface area (Å²) in [5, 5.41) is 10.1. The molecule has 0 heteroatoms. The highest BCUT2D eigenvalue weighted by Crippen LogP contribution is 2.47. The highest BCUT2D eigenvalue weighted by Gasteiger charge is 2.19. The average Bonchev–Trinajstić information content (AvgIpc) is 3.23. The molecule has 0 bridgehead atoms. The van der Waals surface area contributed by atoms with Gasteiger partial charge in [-0.25, -0.2) is 0 Å². The summed E-state index contributed by atoms with van der Waals surface area (Å²) >= 11 is 0. The number of benzene rings is 10. The van der Waals surface area contributed by atoms with E-state index in [4.69, 9.17) is 0 Å². The molecule has 0 saturated heterocycles. The van der Waals surface area contributed by atoms with Gasteiger partial charge in [-0.15, -0.1) is 0 Å². The lowest BCUT2D eigenvalue weighted by molar-refractivity contribution is 1.58. The topological polar surface area (TPSA) is 0 Å². The van der Waals surface area contributed by atoms with Gasteiger partial charge in [0.25, 0.3) is 0 Å². The molecular weight excluding hydrogens is 625 g/mol. The van der Waals surface area contributed by atoms with Crippen LogP contribution in [0.5, 0.6) is 0 Å². The zero-order chi connectivity index (χ0) is 34.4. The Hall–Kier alpha value is -6.76. The number of fused-ring (bicyclic) bond motifs is 4. The fraction of sp³-hybridized carbons (Fsp3) is 0. The highest BCUT2D eigenvalue weighted by molar-refractivity contribution is 6.24. The Bertz CT molecular complexity index is 2920. The normalized spacial score (nSPS) is 11.5. The van der Waals surface area contributed by atoms with Gasteiger partial charge in [-0.2, -0.15) is 0 Å². The summed E-state index contributed by atoms with van der Waals surface area (Å²) in [5.74, 6) is 0. The maximum Gasteiger partial charge on any atom is -0.00199 e. The largest absolute Gasteiger partial charge is 0.0622 e. The van der Waals surface area contributed by atoms with Gasteiger partial charge < -0.3 is 0 Å². The minimum absolute atomic E-state index is 1.21. The van der Waals surface area contributed by atoms with Crippen molar-refractivity contribution < 1.29 is 0 Å². The molecule has 10 aromatic carbocycles. The van der Waals surface area contributed by atoms with Crippen molar-refractivity contribution in [3.8, 4) is 55.6 Å². The van der Waals surface area contributed by atoms with Crippen LogP contribution >= 0.6 is 0 Å². The van der Waals surface area contributed by atoms with Crippen LogP contribution < -0.4 is 0 Å². The zero-order valence-electron chi connectivity index (χ0n) is 28.6. The molecule has 0 aliphatic carbocycles. The van der Waals surface area contributed by atoms with Crippen molar-refractivity contribution in [1.29, 1.82) is 0 Å². The van der Waals surface area contributed by atoms with Crippen molar-refractivity contribution in [3.05, 3.63) is 206 Å². The minimum atomic E-state index is 1.21. The Balaban J connectivity index is 1.22. The monoisotopic (exact) mass is 658 g/mol. The van der Waals surface area contributed by atoms with Crippen LogP contribution in [-0.2, 0) is 0 Å². The fourth-order valence-corrected chi connectivity index (χ4v) is 8.21. The third-order valence-corrected chi connectivity index (χ3v) is 10.7. The summed E-state index contributed by atoms with van der Waals surface area (Å²) in [6, 6.07) is 75.6. The third-order valence-electron chi connectivity index (χ3n) is 10.7. The van der Waals surface area contributed by atoms with Crippen LogP contribution in [0.4, 0.5) is 0 Å². The van der Waals surface area contributed by atoms with Gasteiger partial charge in [-0.05, 0) is 111 Å². The molecule has 52 heavy (non-hydrogen) atoms. The van der Waals surface area contributed by atoms with Crippen LogP contribution in [0, 0.1) is 0 Å². The van der Waals surface area contributed by atoms with Crippen LogP contribution in [0.25, 0.3) is 98.7 Å². The van der Waals surface area contributed by atoms with E-state index in [-0.39, 0.29) is 0 Å². The smallest absolute Gasteiger partial charge is 0.00199 e. The molecule has 0 unspecified atom stereocenters. The van der Waals surface area contributed by atoms with Gasteiger partial charge >= 0.3 is 0 Å². The van der Waals surface area contributed by atoms with Gasteiger partial charge in [0.05, 0.1) is 0 Å². The summed E-state index contributed by atoms with van der Waals surface area (Å²) in [5.41, 5.74) is 12.4. The second-order valence-corrected chi connectivity index (χ2v) is 13.6. The predicted molar refractivity (Wildman–Crippen MR) is 224 cm³/mol. The van der Waals surface area contributed by atoms with Crippen molar-refractivity contribution in [2.45, 2.75) is 0 Å². The van der Waals surface area contributed by atoms with Crippen molar-refractivity contribution in [3.63, 3.8) is 0 Å². The van der Waals surface area contributed by atoms with E-state index in [2.05, 4.69) is 206 Å². The Labute approximate surface area is 303 Å². The molecule has 0 N–H and O–H groups in total. The van der Waals surface area contributed by atoms with Crippen molar-refractivity contribution in [1.82, 2.24) is 0 Å². The minimum Gasteiger partial charge on any atom is -0.0622 e. The molecule has 0 amide bonds. The molecule has 0 heterocycles. The van der Waals surface area contributed by atoms with Gasteiger partial charge in [-0.1, -0.05) is 194 Å². The maximum atomic E-state index is 2.44. The van der Waals surface area contributed by atoms with E-state index in [0.29, 0.717) is 0 Å². The lowest BCUT2D eigenvalue weighted by Gasteiger charge is -2.20. The maximum absolute atomic E-state index is 2.44. The van der Waals surface area contributed by atoms with Crippen LogP contribution in [-0.4, -0.2) is 0 Å². The average molecular weight is 659 g/mol. The van der Waals surface area contributed by atoms with Crippen LogP contribution in [0.1, 0.15) is 0 Å². The molecule has 0 aliphatic heterocycles. The van der Waals surface area contributed by atoms with Crippen molar-refractivity contribution in [2.24, 2.45) is 0 Å². The fourth-order valence-electron chi connectivity index (χ4n) is 8.21. The summed E-state index contributed by atoms with van der Waals surface area (Å²) in [7, 11) is 0. The van der Waals surface area contributed by atoms with Gasteiger partial charge in [0.1, 0.15) is 0 Å². The van der Waals surface area contributed by atoms with Crippen molar-refractivity contribution >= 4 is 43.1 Å². The van der Waals surface area contributed by atoms with E-state index in [1.54, 1.807) is 0 Å². The summed E-state index contributed by atoms with van der Waals surface area (Å²) < 4.78 is 0. The lowest BCUT2D eigenvalue weighted by Crippen LogP contribution is -1.93. The first-order chi connectivity index (χ1) is 25.8. The van der Waals surface area contributed by atoms with Gasteiger partial charge in [0.2, 0.25) is 0 Å². The zero-order valence-corrected chi connectivity index (χ0v) is 28.6. The summed E-state index contributed by atoms with van der Waals surface area (Å²) in [6.07, 6.45) is 0. The quantitative estimate of drug-likeness (QED) is 0.161. The van der Waals surface area contributed by atoms with Gasteiger partial charge in [-0.3, -0.25) is 0 Å². The van der Waals surface area contributed by atoms with Crippen LogP contribution in [0.3, 0.4) is 0 Å². The van der Waals surface area contributed by atoms with E-state index in [1.807, 2.05) is 0 Å². The van der Waals surface area contributed by atoms with E-state index in [0.717, 1.165) is 0 Å². The van der Waals surface area contributed by atoms with Gasteiger partial charge in [0.15, 0.2) is 0 Å². The molecule has 242 valence electrons. The molecule has 0 nitrogen and oxygen atoms in total. The molecule has 0 fully saturated rings. The molecule has 10 aromatic rings. The first kappa shape index (κ1) is 30.1. The highest BCUT2D eigenvalue weighted by atomic mass is 14.2. The first-order valence-corrected chi connectivity index (χ1v) is 18.0. The molecule has 0 spiro atoms.